The van der Waals surface area contributed by atoms with Gasteiger partial charge in [-0.2, -0.15) is 0 Å². The molecule has 26 heavy (non-hydrogen) atoms. The molecule has 1 unspecified atom stereocenters. The van der Waals surface area contributed by atoms with E-state index in [9.17, 15) is 14.4 Å². The second-order valence-electron chi connectivity index (χ2n) is 6.98. The number of hydrogen-bond donors (Lipinski definition) is 1. The number of carbonyl (C=O) groups excluding carboxylic acids is 3. The summed E-state index contributed by atoms with van der Waals surface area (Å²) in [5.41, 5.74) is 0.368. The van der Waals surface area contributed by atoms with Crippen molar-refractivity contribution in [2.75, 3.05) is 0 Å². The quantitative estimate of drug-likeness (QED) is 0.640. The smallest absolute Gasteiger partial charge is 0.336 e. The van der Waals surface area contributed by atoms with E-state index in [1.54, 1.807) is 51.1 Å². The van der Waals surface area contributed by atoms with E-state index in [0.29, 0.717) is 5.56 Å². The summed E-state index contributed by atoms with van der Waals surface area (Å²) in [4.78, 5) is 37.6. The van der Waals surface area contributed by atoms with Gasteiger partial charge in [-0.3, -0.25) is 9.59 Å². The second kappa shape index (κ2) is 8.43. The predicted molar refractivity (Wildman–Crippen MR) is 98.4 cm³/mol. The van der Waals surface area contributed by atoms with Crippen molar-refractivity contribution in [3.05, 3.63) is 71.8 Å². The number of ether oxygens (including phenoxy) is 1. The van der Waals surface area contributed by atoms with E-state index in [0.717, 1.165) is 5.56 Å². The van der Waals surface area contributed by atoms with E-state index in [-0.39, 0.29) is 6.61 Å². The SMILES string of the molecule is CC(C)(C)C(=O)C(NC(=O)c1ccccc1)C(=O)OCc1ccccc1. The molecule has 0 saturated carbocycles. The maximum absolute atomic E-state index is 12.7. The largest absolute Gasteiger partial charge is 0.459 e. The van der Waals surface area contributed by atoms with Gasteiger partial charge in [0.2, 0.25) is 0 Å². The Labute approximate surface area is 153 Å². The molecule has 0 fully saturated rings. The standard InChI is InChI=1S/C21H23NO4/c1-21(2,3)18(23)17(22-19(24)16-12-8-5-9-13-16)20(25)26-14-15-10-6-4-7-11-15/h4-13,17H,14H2,1-3H3,(H,22,24). The van der Waals surface area contributed by atoms with Crippen LogP contribution in [0, 0.1) is 5.41 Å². The summed E-state index contributed by atoms with van der Waals surface area (Å²) in [5.74, 6) is -1.66. The monoisotopic (exact) mass is 353 g/mol. The van der Waals surface area contributed by atoms with E-state index < -0.39 is 29.1 Å². The Morgan fingerprint density at radius 3 is 2.00 bits per heavy atom. The Hall–Kier alpha value is -2.95. The summed E-state index contributed by atoms with van der Waals surface area (Å²) >= 11 is 0. The van der Waals surface area contributed by atoms with Gasteiger partial charge < -0.3 is 10.1 Å². The first-order valence-corrected chi connectivity index (χ1v) is 8.40. The molecule has 0 aliphatic rings. The molecule has 5 heteroatoms. The number of rotatable bonds is 6. The third kappa shape index (κ3) is 5.28. The Balaban J connectivity index is 2.14. The number of nitrogens with one attached hydrogen (secondary N) is 1. The van der Waals surface area contributed by atoms with Crippen LogP contribution in [0.25, 0.3) is 0 Å². The van der Waals surface area contributed by atoms with E-state index in [4.69, 9.17) is 4.74 Å². The van der Waals surface area contributed by atoms with Gasteiger partial charge in [0.25, 0.3) is 5.91 Å². The minimum Gasteiger partial charge on any atom is -0.459 e. The van der Waals surface area contributed by atoms with Crippen LogP contribution >= 0.6 is 0 Å². The molecular weight excluding hydrogens is 330 g/mol. The zero-order chi connectivity index (χ0) is 19.2. The Morgan fingerprint density at radius 1 is 0.923 bits per heavy atom. The van der Waals surface area contributed by atoms with Crippen LogP contribution in [0.2, 0.25) is 0 Å². The molecule has 2 aromatic carbocycles. The van der Waals surface area contributed by atoms with Gasteiger partial charge in [-0.15, -0.1) is 0 Å². The lowest BCUT2D eigenvalue weighted by Crippen LogP contribution is -2.51. The fourth-order valence-corrected chi connectivity index (χ4v) is 2.28. The number of amides is 1. The van der Waals surface area contributed by atoms with Crippen molar-refractivity contribution in [2.24, 2.45) is 5.41 Å². The van der Waals surface area contributed by atoms with Gasteiger partial charge in [-0.25, -0.2) is 4.79 Å². The molecular formula is C21H23NO4. The summed E-state index contributed by atoms with van der Waals surface area (Å²) in [6, 6.07) is 16.2. The molecule has 0 spiro atoms. The van der Waals surface area contributed by atoms with Crippen LogP contribution in [0.4, 0.5) is 0 Å². The van der Waals surface area contributed by atoms with E-state index >= 15 is 0 Å². The van der Waals surface area contributed by atoms with E-state index in [1.165, 1.54) is 0 Å². The average molecular weight is 353 g/mol. The highest BCUT2D eigenvalue weighted by Gasteiger charge is 2.37. The lowest BCUT2D eigenvalue weighted by molar-refractivity contribution is -0.151. The molecule has 136 valence electrons. The number of benzene rings is 2. The first-order valence-electron chi connectivity index (χ1n) is 8.40. The van der Waals surface area contributed by atoms with Crippen LogP contribution in [-0.2, 0) is 20.9 Å². The molecule has 1 atom stereocenters. The molecule has 0 heterocycles. The summed E-state index contributed by atoms with van der Waals surface area (Å²) in [6.07, 6.45) is 0. The number of Topliss-reactive ketones (excluding diaryl/α,β-unsaturated/α-hetero) is 1. The van der Waals surface area contributed by atoms with Gasteiger partial charge in [0.05, 0.1) is 0 Å². The van der Waals surface area contributed by atoms with Crippen molar-refractivity contribution in [3.8, 4) is 0 Å². The van der Waals surface area contributed by atoms with Gasteiger partial charge in [0.15, 0.2) is 11.8 Å². The maximum atomic E-state index is 12.7. The highest BCUT2D eigenvalue weighted by Crippen LogP contribution is 2.18. The molecule has 0 bridgehead atoms. The lowest BCUT2D eigenvalue weighted by Gasteiger charge is -2.24. The number of carbonyl (C=O) groups is 3. The van der Waals surface area contributed by atoms with Crippen LogP contribution in [-0.4, -0.2) is 23.7 Å². The van der Waals surface area contributed by atoms with Crippen LogP contribution < -0.4 is 5.32 Å². The Bertz CT molecular complexity index is 764. The van der Waals surface area contributed by atoms with Gasteiger partial charge in [0, 0.05) is 11.0 Å². The second-order valence-corrected chi connectivity index (χ2v) is 6.98. The average Bonchev–Trinajstić information content (AvgIpc) is 2.64. The lowest BCUT2D eigenvalue weighted by atomic mass is 9.86. The van der Waals surface area contributed by atoms with Crippen molar-refractivity contribution in [3.63, 3.8) is 0 Å². The zero-order valence-electron chi connectivity index (χ0n) is 15.2. The fourth-order valence-electron chi connectivity index (χ4n) is 2.28. The normalized spacial score (nSPS) is 12.1. The van der Waals surface area contributed by atoms with Crippen LogP contribution in [0.3, 0.4) is 0 Å². The summed E-state index contributed by atoms with van der Waals surface area (Å²) in [6.45, 7) is 5.12. The maximum Gasteiger partial charge on any atom is 0.336 e. The molecule has 0 aliphatic heterocycles. The van der Waals surface area contributed by atoms with Crippen molar-refractivity contribution < 1.29 is 19.1 Å². The van der Waals surface area contributed by atoms with Gasteiger partial charge in [-0.05, 0) is 17.7 Å². The van der Waals surface area contributed by atoms with Gasteiger partial charge in [0.1, 0.15) is 6.61 Å². The first kappa shape index (κ1) is 19.4. The summed E-state index contributed by atoms with van der Waals surface area (Å²) in [7, 11) is 0. The molecule has 0 radical (unpaired) electrons. The van der Waals surface area contributed by atoms with E-state index in [2.05, 4.69) is 5.32 Å². The molecule has 2 rings (SSSR count). The summed E-state index contributed by atoms with van der Waals surface area (Å²) < 4.78 is 5.27. The third-order valence-corrected chi connectivity index (χ3v) is 3.77. The molecule has 2 aromatic rings. The highest BCUT2D eigenvalue weighted by atomic mass is 16.5. The molecule has 0 aliphatic carbocycles. The van der Waals surface area contributed by atoms with Gasteiger partial charge >= 0.3 is 5.97 Å². The molecule has 1 amide bonds. The van der Waals surface area contributed by atoms with Crippen LogP contribution in [0.15, 0.2) is 60.7 Å². The number of ketones is 1. The molecule has 5 nitrogen and oxygen atoms in total. The highest BCUT2D eigenvalue weighted by molar-refractivity contribution is 6.09. The van der Waals surface area contributed by atoms with Crippen molar-refractivity contribution in [2.45, 2.75) is 33.4 Å². The number of hydrogen-bond acceptors (Lipinski definition) is 4. The minimum atomic E-state index is -1.36. The molecule has 0 saturated heterocycles. The van der Waals surface area contributed by atoms with Gasteiger partial charge in [-0.1, -0.05) is 69.3 Å². The van der Waals surface area contributed by atoms with E-state index in [1.807, 2.05) is 30.3 Å². The predicted octanol–water partition coefficient (Wildman–Crippen LogP) is 3.14. The minimum absolute atomic E-state index is 0.0365. The van der Waals surface area contributed by atoms with Crippen LogP contribution in [0.1, 0.15) is 36.7 Å². The number of esters is 1. The van der Waals surface area contributed by atoms with Crippen LogP contribution in [0.5, 0.6) is 0 Å². The summed E-state index contributed by atoms with van der Waals surface area (Å²) in [5, 5.41) is 2.51. The van der Waals surface area contributed by atoms with Crippen molar-refractivity contribution in [1.29, 1.82) is 0 Å². The van der Waals surface area contributed by atoms with Crippen molar-refractivity contribution in [1.82, 2.24) is 5.32 Å². The topological polar surface area (TPSA) is 72.5 Å². The fraction of sp³-hybridized carbons (Fsp3) is 0.286. The van der Waals surface area contributed by atoms with Crippen molar-refractivity contribution >= 4 is 17.7 Å². The Morgan fingerprint density at radius 2 is 1.46 bits per heavy atom. The Kier molecular flexibility index (Phi) is 6.28. The first-order chi connectivity index (χ1) is 12.3. The zero-order valence-corrected chi connectivity index (χ0v) is 15.2. The molecule has 1 N–H and O–H groups in total. The third-order valence-electron chi connectivity index (χ3n) is 3.77. The molecule has 0 aromatic heterocycles.